The van der Waals surface area contributed by atoms with Gasteiger partial charge in [-0.05, 0) is 43.3 Å². The van der Waals surface area contributed by atoms with Gasteiger partial charge in [0.25, 0.3) is 5.91 Å². The second-order valence-corrected chi connectivity index (χ2v) is 6.90. The van der Waals surface area contributed by atoms with E-state index in [2.05, 4.69) is 22.5 Å². The average Bonchev–Trinajstić information content (AvgIpc) is 2.59. The molecule has 138 valence electrons. The van der Waals surface area contributed by atoms with E-state index >= 15 is 0 Å². The van der Waals surface area contributed by atoms with Gasteiger partial charge in [0.2, 0.25) is 0 Å². The van der Waals surface area contributed by atoms with Gasteiger partial charge in [0.1, 0.15) is 5.82 Å². The zero-order chi connectivity index (χ0) is 18.2. The van der Waals surface area contributed by atoms with Crippen molar-refractivity contribution in [3.63, 3.8) is 0 Å². The number of benzene rings is 1. The van der Waals surface area contributed by atoms with Gasteiger partial charge in [-0.15, -0.1) is 0 Å². The lowest BCUT2D eigenvalue weighted by Gasteiger charge is -2.33. The third-order valence-corrected chi connectivity index (χ3v) is 4.80. The van der Waals surface area contributed by atoms with Crippen LogP contribution in [0, 0.1) is 12.7 Å². The molecule has 1 saturated heterocycles. The highest BCUT2D eigenvalue weighted by molar-refractivity contribution is 7.80. The van der Waals surface area contributed by atoms with Crippen molar-refractivity contribution in [3.8, 4) is 0 Å². The van der Waals surface area contributed by atoms with Gasteiger partial charge in [0, 0.05) is 12.2 Å². The number of thiocarbonyl (C=S) groups is 1. The second kappa shape index (κ2) is 9.68. The number of hydrogen-bond donors (Lipinski definition) is 3. The van der Waals surface area contributed by atoms with Crippen LogP contribution in [-0.2, 0) is 4.79 Å². The van der Waals surface area contributed by atoms with Crippen LogP contribution in [0.3, 0.4) is 0 Å². The molecule has 7 heteroatoms. The number of amides is 1. The van der Waals surface area contributed by atoms with E-state index in [4.69, 9.17) is 12.2 Å². The van der Waals surface area contributed by atoms with Gasteiger partial charge in [-0.2, -0.15) is 0 Å². The number of quaternary nitrogens is 1. The Morgan fingerprint density at radius 3 is 2.72 bits per heavy atom. The Balaban J connectivity index is 1.74. The van der Waals surface area contributed by atoms with E-state index in [9.17, 15) is 9.18 Å². The zero-order valence-electron chi connectivity index (χ0n) is 15.0. The highest BCUT2D eigenvalue weighted by atomic mass is 32.1. The molecule has 0 aromatic heterocycles. The lowest BCUT2D eigenvalue weighted by molar-refractivity contribution is -0.895. The SMILES string of the molecule is CCCCNC(=O)C[NH+]1CCN(C(=S)Nc2ccc(C)c(F)c2)CC1. The number of rotatable bonds is 6. The molecule has 0 spiro atoms. The average molecular weight is 368 g/mol. The van der Waals surface area contributed by atoms with Crippen LogP contribution in [0.5, 0.6) is 0 Å². The third kappa shape index (κ3) is 6.25. The van der Waals surface area contributed by atoms with E-state index in [1.807, 2.05) is 6.07 Å². The number of anilines is 1. The van der Waals surface area contributed by atoms with Crippen LogP contribution in [0.15, 0.2) is 18.2 Å². The van der Waals surface area contributed by atoms with Gasteiger partial charge in [0.05, 0.1) is 26.2 Å². The fourth-order valence-corrected chi connectivity index (χ4v) is 3.07. The van der Waals surface area contributed by atoms with Crippen LogP contribution in [-0.4, -0.2) is 55.2 Å². The molecular formula is C18H28FN4OS+. The minimum atomic E-state index is -0.240. The summed E-state index contributed by atoms with van der Waals surface area (Å²) in [5, 5.41) is 6.66. The molecule has 3 N–H and O–H groups in total. The number of nitrogens with zero attached hydrogens (tertiary/aromatic N) is 1. The van der Waals surface area contributed by atoms with E-state index in [0.717, 1.165) is 45.6 Å². The Morgan fingerprint density at radius 1 is 1.36 bits per heavy atom. The highest BCUT2D eigenvalue weighted by Gasteiger charge is 2.23. The first-order valence-corrected chi connectivity index (χ1v) is 9.32. The summed E-state index contributed by atoms with van der Waals surface area (Å²) in [7, 11) is 0. The number of nitrogens with one attached hydrogen (secondary N) is 3. The Morgan fingerprint density at radius 2 is 2.08 bits per heavy atom. The fourth-order valence-electron chi connectivity index (χ4n) is 2.77. The van der Waals surface area contributed by atoms with Crippen LogP contribution >= 0.6 is 12.2 Å². The molecule has 0 bridgehead atoms. The number of carbonyl (C=O) groups excluding carboxylic acids is 1. The molecule has 25 heavy (non-hydrogen) atoms. The van der Waals surface area contributed by atoms with Crippen molar-refractivity contribution in [3.05, 3.63) is 29.6 Å². The molecule has 1 aromatic carbocycles. The number of unbranched alkanes of at least 4 members (excludes halogenated alkanes) is 1. The Hall–Kier alpha value is -1.73. The number of halogens is 1. The van der Waals surface area contributed by atoms with Crippen molar-refractivity contribution in [1.29, 1.82) is 0 Å². The first-order chi connectivity index (χ1) is 12.0. The summed E-state index contributed by atoms with van der Waals surface area (Å²) in [6.07, 6.45) is 2.11. The minimum Gasteiger partial charge on any atom is -0.351 e. The lowest BCUT2D eigenvalue weighted by Crippen LogP contribution is -3.15. The van der Waals surface area contributed by atoms with Crippen molar-refractivity contribution in [2.24, 2.45) is 0 Å². The molecule has 1 heterocycles. The van der Waals surface area contributed by atoms with Crippen molar-refractivity contribution < 1.29 is 14.1 Å². The van der Waals surface area contributed by atoms with Crippen molar-refractivity contribution >= 4 is 28.9 Å². The molecule has 0 radical (unpaired) electrons. The number of carbonyl (C=O) groups is 1. The van der Waals surface area contributed by atoms with Gasteiger partial charge in [-0.1, -0.05) is 19.4 Å². The Kier molecular flexibility index (Phi) is 7.58. The van der Waals surface area contributed by atoms with Gasteiger partial charge in [-0.25, -0.2) is 4.39 Å². The highest BCUT2D eigenvalue weighted by Crippen LogP contribution is 2.14. The third-order valence-electron chi connectivity index (χ3n) is 4.44. The summed E-state index contributed by atoms with van der Waals surface area (Å²) >= 11 is 5.43. The number of hydrogen-bond acceptors (Lipinski definition) is 2. The fraction of sp³-hybridized carbons (Fsp3) is 0.556. The van der Waals surface area contributed by atoms with Crippen molar-refractivity contribution in [1.82, 2.24) is 10.2 Å². The summed E-state index contributed by atoms with van der Waals surface area (Å²) in [4.78, 5) is 15.2. The van der Waals surface area contributed by atoms with Gasteiger partial charge in [-0.3, -0.25) is 4.79 Å². The van der Waals surface area contributed by atoms with E-state index in [-0.39, 0.29) is 11.7 Å². The quantitative estimate of drug-likeness (QED) is 0.518. The Labute approximate surface area is 154 Å². The number of aryl methyl sites for hydroxylation is 1. The largest absolute Gasteiger partial charge is 0.351 e. The van der Waals surface area contributed by atoms with E-state index < -0.39 is 0 Å². The molecule has 0 aliphatic carbocycles. The molecule has 1 aliphatic heterocycles. The van der Waals surface area contributed by atoms with Crippen LogP contribution in [0.4, 0.5) is 10.1 Å². The maximum atomic E-state index is 13.6. The smallest absolute Gasteiger partial charge is 0.275 e. The second-order valence-electron chi connectivity index (χ2n) is 6.51. The topological polar surface area (TPSA) is 48.8 Å². The van der Waals surface area contributed by atoms with E-state index in [1.54, 1.807) is 13.0 Å². The molecule has 5 nitrogen and oxygen atoms in total. The summed E-state index contributed by atoms with van der Waals surface area (Å²) < 4.78 is 13.6. The normalized spacial score (nSPS) is 15.1. The maximum absolute atomic E-state index is 13.6. The molecule has 1 amide bonds. The molecule has 0 atom stereocenters. The summed E-state index contributed by atoms with van der Waals surface area (Å²) in [5.41, 5.74) is 1.28. The molecule has 1 aliphatic rings. The zero-order valence-corrected chi connectivity index (χ0v) is 15.8. The Bertz CT molecular complexity index is 603. The standard InChI is InChI=1S/C18H27FN4OS/c1-3-4-7-20-17(24)13-22-8-10-23(11-9-22)18(25)21-15-6-5-14(2)16(19)12-15/h5-6,12H,3-4,7-11,13H2,1-2H3,(H,20,24)(H,21,25)/p+1. The monoisotopic (exact) mass is 367 g/mol. The minimum absolute atomic E-state index is 0.118. The van der Waals surface area contributed by atoms with E-state index in [0.29, 0.717) is 22.9 Å². The number of piperazine rings is 1. The molecule has 1 fully saturated rings. The van der Waals surface area contributed by atoms with Crippen LogP contribution in [0.25, 0.3) is 0 Å². The molecule has 0 saturated carbocycles. The lowest BCUT2D eigenvalue weighted by atomic mass is 10.2. The molecular weight excluding hydrogens is 339 g/mol. The predicted molar refractivity (Wildman–Crippen MR) is 102 cm³/mol. The van der Waals surface area contributed by atoms with Gasteiger partial charge >= 0.3 is 0 Å². The molecule has 0 unspecified atom stereocenters. The summed E-state index contributed by atoms with van der Waals surface area (Å²) in [6.45, 7) is 8.43. The van der Waals surface area contributed by atoms with Gasteiger partial charge in [0.15, 0.2) is 11.7 Å². The van der Waals surface area contributed by atoms with Crippen LogP contribution in [0.1, 0.15) is 25.3 Å². The van der Waals surface area contributed by atoms with Crippen molar-refractivity contribution in [2.75, 3.05) is 44.6 Å². The first-order valence-electron chi connectivity index (χ1n) is 8.92. The predicted octanol–water partition coefficient (Wildman–Crippen LogP) is 0.948. The van der Waals surface area contributed by atoms with Gasteiger partial charge < -0.3 is 20.4 Å². The maximum Gasteiger partial charge on any atom is 0.275 e. The van der Waals surface area contributed by atoms with Crippen molar-refractivity contribution in [2.45, 2.75) is 26.7 Å². The van der Waals surface area contributed by atoms with E-state index in [1.165, 1.54) is 11.0 Å². The van der Waals surface area contributed by atoms with Crippen LogP contribution < -0.4 is 15.5 Å². The molecule has 1 aromatic rings. The van der Waals surface area contributed by atoms with Crippen LogP contribution in [0.2, 0.25) is 0 Å². The summed E-state index contributed by atoms with van der Waals surface area (Å²) in [6, 6.07) is 5.02. The summed E-state index contributed by atoms with van der Waals surface area (Å²) in [5.74, 6) is -0.121. The molecule has 2 rings (SSSR count). The first kappa shape index (κ1) is 19.6.